The van der Waals surface area contributed by atoms with Crippen LogP contribution >= 0.6 is 11.6 Å². The molecule has 0 radical (unpaired) electrons. The number of furan rings is 1. The molecule has 1 aliphatic heterocycles. The lowest BCUT2D eigenvalue weighted by atomic mass is 10.1. The Labute approximate surface area is 192 Å². The molecule has 2 aromatic heterocycles. The lowest BCUT2D eigenvalue weighted by Crippen LogP contribution is -2.54. The number of hydrogen-bond donors (Lipinski definition) is 2. The van der Waals surface area contributed by atoms with Crippen molar-refractivity contribution in [3.63, 3.8) is 0 Å². The summed E-state index contributed by atoms with van der Waals surface area (Å²) in [5, 5.41) is 3.56. The maximum absolute atomic E-state index is 13.1. The standard InChI is InChI=1S/C22H25ClN4O4S/c1-14-11-27(12-15(2)24-14)21-7-5-19(30-3)22(25-21)26-32(28,29)20-6-4-16(10-18(20)23)17-8-9-31-13-17/h4-10,13-15,24H,11-12H2,1-3H3,(H,25,26)/t14-,15+. The molecular weight excluding hydrogens is 452 g/mol. The van der Waals surface area contributed by atoms with E-state index >= 15 is 0 Å². The average molecular weight is 477 g/mol. The molecule has 3 aromatic rings. The van der Waals surface area contributed by atoms with E-state index in [1.54, 1.807) is 36.8 Å². The molecular formula is C22H25ClN4O4S. The van der Waals surface area contributed by atoms with E-state index in [-0.39, 0.29) is 27.8 Å². The minimum atomic E-state index is -4.01. The molecule has 1 aliphatic rings. The number of ether oxygens (including phenoxy) is 1. The van der Waals surface area contributed by atoms with Gasteiger partial charge in [-0.1, -0.05) is 17.7 Å². The van der Waals surface area contributed by atoms with E-state index < -0.39 is 10.0 Å². The number of nitrogens with zero attached hydrogens (tertiary/aromatic N) is 2. The number of rotatable bonds is 6. The van der Waals surface area contributed by atoms with Gasteiger partial charge in [0.1, 0.15) is 10.7 Å². The minimum absolute atomic E-state index is 0.0508. The second kappa shape index (κ2) is 9.01. The smallest absolute Gasteiger partial charge is 0.264 e. The van der Waals surface area contributed by atoms with Gasteiger partial charge in [0.05, 0.1) is 24.7 Å². The van der Waals surface area contributed by atoms with Crippen molar-refractivity contribution >= 4 is 33.3 Å². The topological polar surface area (TPSA) is 96.7 Å². The maximum atomic E-state index is 13.1. The predicted octanol–water partition coefficient (Wildman–Crippen LogP) is 3.99. The van der Waals surface area contributed by atoms with Crippen molar-refractivity contribution < 1.29 is 17.6 Å². The molecule has 0 spiro atoms. The Morgan fingerprint density at radius 1 is 1.16 bits per heavy atom. The maximum Gasteiger partial charge on any atom is 0.264 e. The number of pyridine rings is 1. The summed E-state index contributed by atoms with van der Waals surface area (Å²) in [6.07, 6.45) is 3.11. The van der Waals surface area contributed by atoms with Gasteiger partial charge >= 0.3 is 0 Å². The molecule has 1 saturated heterocycles. The van der Waals surface area contributed by atoms with E-state index in [0.29, 0.717) is 11.6 Å². The molecule has 10 heteroatoms. The van der Waals surface area contributed by atoms with Crippen molar-refractivity contribution in [1.29, 1.82) is 0 Å². The number of methoxy groups -OCH3 is 1. The summed E-state index contributed by atoms with van der Waals surface area (Å²) in [5.41, 5.74) is 1.56. The molecule has 2 atom stereocenters. The summed E-state index contributed by atoms with van der Waals surface area (Å²) in [6, 6.07) is 10.6. The third kappa shape index (κ3) is 4.69. The van der Waals surface area contributed by atoms with Gasteiger partial charge in [0.25, 0.3) is 10.0 Å². The molecule has 0 amide bonds. The normalized spacial score (nSPS) is 19.1. The molecule has 1 aromatic carbocycles. The van der Waals surface area contributed by atoms with Crippen molar-refractivity contribution in [2.75, 3.05) is 29.8 Å². The Morgan fingerprint density at radius 2 is 1.91 bits per heavy atom. The first-order valence-corrected chi connectivity index (χ1v) is 12.0. The van der Waals surface area contributed by atoms with E-state index in [0.717, 1.165) is 24.2 Å². The van der Waals surface area contributed by atoms with Crippen molar-refractivity contribution in [2.24, 2.45) is 0 Å². The quantitative estimate of drug-likeness (QED) is 0.555. The van der Waals surface area contributed by atoms with Crippen LogP contribution in [0.25, 0.3) is 11.1 Å². The fourth-order valence-corrected chi connectivity index (χ4v) is 5.43. The summed E-state index contributed by atoms with van der Waals surface area (Å²) >= 11 is 6.34. The number of benzene rings is 1. The molecule has 32 heavy (non-hydrogen) atoms. The number of anilines is 2. The Morgan fingerprint density at radius 3 is 2.53 bits per heavy atom. The van der Waals surface area contributed by atoms with Gasteiger partial charge in [0, 0.05) is 30.7 Å². The van der Waals surface area contributed by atoms with Crippen LogP contribution in [0.5, 0.6) is 5.75 Å². The lowest BCUT2D eigenvalue weighted by molar-refractivity contribution is 0.403. The Hall–Kier alpha value is -2.75. The van der Waals surface area contributed by atoms with Crippen LogP contribution < -0.4 is 19.7 Å². The number of sulfonamides is 1. The van der Waals surface area contributed by atoms with Gasteiger partial charge < -0.3 is 19.4 Å². The molecule has 0 aliphatic carbocycles. The molecule has 170 valence electrons. The average Bonchev–Trinajstić information content (AvgIpc) is 3.27. The van der Waals surface area contributed by atoms with Gasteiger partial charge in [-0.15, -0.1) is 0 Å². The Balaban J connectivity index is 1.64. The molecule has 0 saturated carbocycles. The van der Waals surface area contributed by atoms with E-state index in [1.165, 1.54) is 13.2 Å². The summed E-state index contributed by atoms with van der Waals surface area (Å²) < 4.78 is 39.3. The first-order valence-electron chi connectivity index (χ1n) is 10.2. The molecule has 3 heterocycles. The predicted molar refractivity (Wildman–Crippen MR) is 125 cm³/mol. The van der Waals surface area contributed by atoms with Crippen molar-refractivity contribution in [3.05, 3.63) is 53.9 Å². The van der Waals surface area contributed by atoms with E-state index in [1.807, 2.05) is 6.07 Å². The zero-order valence-electron chi connectivity index (χ0n) is 18.0. The first-order chi connectivity index (χ1) is 15.3. The summed E-state index contributed by atoms with van der Waals surface area (Å²) in [4.78, 5) is 6.63. The molecule has 8 nitrogen and oxygen atoms in total. The summed E-state index contributed by atoms with van der Waals surface area (Å²) in [5.74, 6) is 1.10. The van der Waals surface area contributed by atoms with Crippen LogP contribution in [0.3, 0.4) is 0 Å². The van der Waals surface area contributed by atoms with Gasteiger partial charge in [0.2, 0.25) is 0 Å². The molecule has 0 bridgehead atoms. The zero-order valence-corrected chi connectivity index (χ0v) is 19.6. The molecule has 1 fully saturated rings. The molecule has 2 N–H and O–H groups in total. The zero-order chi connectivity index (χ0) is 22.9. The number of aromatic nitrogens is 1. The Kier molecular flexibility index (Phi) is 6.32. The number of piperazine rings is 1. The highest BCUT2D eigenvalue weighted by Gasteiger charge is 2.25. The van der Waals surface area contributed by atoms with Gasteiger partial charge in [-0.3, -0.25) is 4.72 Å². The fraction of sp³-hybridized carbons (Fsp3) is 0.318. The summed E-state index contributed by atoms with van der Waals surface area (Å²) in [6.45, 7) is 5.73. The van der Waals surface area contributed by atoms with Gasteiger partial charge in [-0.25, -0.2) is 13.4 Å². The van der Waals surface area contributed by atoms with E-state index in [4.69, 9.17) is 20.8 Å². The third-order valence-corrected chi connectivity index (χ3v) is 7.07. The fourth-order valence-electron chi connectivity index (χ4n) is 3.87. The Bertz CT molecular complexity index is 1190. The van der Waals surface area contributed by atoms with Crippen molar-refractivity contribution in [1.82, 2.24) is 10.3 Å². The van der Waals surface area contributed by atoms with E-state index in [2.05, 4.69) is 33.8 Å². The summed E-state index contributed by atoms with van der Waals surface area (Å²) in [7, 11) is -2.54. The highest BCUT2D eigenvalue weighted by Crippen LogP contribution is 2.32. The highest BCUT2D eigenvalue weighted by molar-refractivity contribution is 7.92. The van der Waals surface area contributed by atoms with Crippen LogP contribution in [-0.4, -0.2) is 45.7 Å². The molecule has 4 rings (SSSR count). The van der Waals surface area contributed by atoms with Crippen LogP contribution in [0.15, 0.2) is 58.2 Å². The van der Waals surface area contributed by atoms with Gasteiger partial charge in [0.15, 0.2) is 11.6 Å². The van der Waals surface area contributed by atoms with Gasteiger partial charge in [-0.05, 0) is 49.7 Å². The van der Waals surface area contributed by atoms with Crippen LogP contribution in [0.4, 0.5) is 11.6 Å². The molecule has 0 unspecified atom stereocenters. The number of hydrogen-bond acceptors (Lipinski definition) is 7. The second-order valence-electron chi connectivity index (χ2n) is 7.86. The largest absolute Gasteiger partial charge is 0.493 e. The van der Waals surface area contributed by atoms with Crippen LogP contribution in [0.1, 0.15) is 13.8 Å². The van der Waals surface area contributed by atoms with Crippen molar-refractivity contribution in [2.45, 2.75) is 30.8 Å². The third-order valence-electron chi connectivity index (χ3n) is 5.25. The second-order valence-corrected chi connectivity index (χ2v) is 9.91. The van der Waals surface area contributed by atoms with Gasteiger partial charge in [-0.2, -0.15) is 0 Å². The number of halogens is 1. The van der Waals surface area contributed by atoms with E-state index in [9.17, 15) is 8.42 Å². The SMILES string of the molecule is COc1ccc(N2C[C@@H](C)N[C@@H](C)C2)nc1NS(=O)(=O)c1ccc(-c2ccoc2)cc1Cl. The minimum Gasteiger partial charge on any atom is -0.493 e. The highest BCUT2D eigenvalue weighted by atomic mass is 35.5. The van der Waals surface area contributed by atoms with Crippen LogP contribution in [-0.2, 0) is 10.0 Å². The number of nitrogens with one attached hydrogen (secondary N) is 2. The van der Waals surface area contributed by atoms with Crippen LogP contribution in [0, 0.1) is 0 Å². The lowest BCUT2D eigenvalue weighted by Gasteiger charge is -2.37. The monoisotopic (exact) mass is 476 g/mol. The first kappa shape index (κ1) is 22.4. The van der Waals surface area contributed by atoms with Crippen LogP contribution in [0.2, 0.25) is 5.02 Å². The van der Waals surface area contributed by atoms with Crippen molar-refractivity contribution in [3.8, 4) is 16.9 Å².